The second-order valence-electron chi connectivity index (χ2n) is 3.35. The lowest BCUT2D eigenvalue weighted by atomic mass is 10.3. The maximum atomic E-state index is 5.84. The number of nitrogens with zero attached hydrogens (tertiary/aromatic N) is 3. The molecule has 90 valence electrons. The number of nitrogens with one attached hydrogen (secondary N) is 1. The van der Waals surface area contributed by atoms with E-state index in [0.29, 0.717) is 35.2 Å². The molecule has 0 saturated carbocycles. The fraction of sp³-hybridized carbons (Fsp3) is 0.300. The molecule has 6 nitrogen and oxygen atoms in total. The Kier molecular flexibility index (Phi) is 3.55. The van der Waals surface area contributed by atoms with Gasteiger partial charge in [0.1, 0.15) is 10.7 Å². The molecule has 2 aromatic rings. The third kappa shape index (κ3) is 2.72. The third-order valence-corrected chi connectivity index (χ3v) is 2.33. The highest BCUT2D eigenvalue weighted by molar-refractivity contribution is 6.29. The van der Waals surface area contributed by atoms with Crippen molar-refractivity contribution in [3.05, 3.63) is 17.3 Å². The van der Waals surface area contributed by atoms with Crippen molar-refractivity contribution in [1.82, 2.24) is 15.0 Å². The Morgan fingerprint density at radius 1 is 1.35 bits per heavy atom. The molecule has 2 heterocycles. The predicted molar refractivity (Wildman–Crippen MR) is 67.1 cm³/mol. The van der Waals surface area contributed by atoms with E-state index in [2.05, 4.69) is 20.3 Å². The molecule has 2 rings (SSSR count). The first-order valence-corrected chi connectivity index (χ1v) is 5.41. The summed E-state index contributed by atoms with van der Waals surface area (Å²) >= 11 is 5.84. The first-order valence-electron chi connectivity index (χ1n) is 5.03. The van der Waals surface area contributed by atoms with Gasteiger partial charge in [-0.2, -0.15) is 4.98 Å². The van der Waals surface area contributed by atoms with Gasteiger partial charge in [0, 0.05) is 13.7 Å². The predicted octanol–water partition coefficient (Wildman–Crippen LogP) is 1.32. The van der Waals surface area contributed by atoms with E-state index in [9.17, 15) is 0 Å². The minimum absolute atomic E-state index is 0.196. The summed E-state index contributed by atoms with van der Waals surface area (Å²) in [6.07, 6.45) is 0. The number of rotatable bonds is 4. The van der Waals surface area contributed by atoms with E-state index in [1.165, 1.54) is 0 Å². The molecule has 0 spiro atoms. The van der Waals surface area contributed by atoms with Crippen molar-refractivity contribution in [3.8, 4) is 0 Å². The number of halogens is 1. The lowest BCUT2D eigenvalue weighted by Gasteiger charge is -2.08. The van der Waals surface area contributed by atoms with Crippen LogP contribution in [0.1, 0.15) is 0 Å². The normalized spacial score (nSPS) is 10.7. The molecule has 0 radical (unpaired) electrons. The molecule has 0 unspecified atom stereocenters. The van der Waals surface area contributed by atoms with Gasteiger partial charge in [0.2, 0.25) is 5.95 Å². The molecule has 7 heteroatoms. The summed E-state index contributed by atoms with van der Waals surface area (Å²) in [6.45, 7) is 1.17. The lowest BCUT2D eigenvalue weighted by molar-refractivity contribution is 0.210. The van der Waals surface area contributed by atoms with Crippen LogP contribution in [-0.4, -0.2) is 35.2 Å². The molecular weight excluding hydrogens is 242 g/mol. The standard InChI is InChI=1S/C10H12ClN5O/c1-17-5-4-13-9-8-6(14-10(12)16-9)2-3-7(11)15-8/h2-3H,4-5H2,1H3,(H3,12,13,14,16). The van der Waals surface area contributed by atoms with Crippen LogP contribution in [0.4, 0.5) is 11.8 Å². The van der Waals surface area contributed by atoms with Gasteiger partial charge in [0.25, 0.3) is 0 Å². The Morgan fingerprint density at radius 2 is 2.18 bits per heavy atom. The molecule has 17 heavy (non-hydrogen) atoms. The first-order chi connectivity index (χ1) is 8.20. The minimum Gasteiger partial charge on any atom is -0.383 e. The van der Waals surface area contributed by atoms with Crippen molar-refractivity contribution in [1.29, 1.82) is 0 Å². The molecule has 0 amide bonds. The third-order valence-electron chi connectivity index (χ3n) is 2.12. The SMILES string of the molecule is COCCNc1nc(N)nc2ccc(Cl)nc12. The van der Waals surface area contributed by atoms with E-state index in [0.717, 1.165) is 0 Å². The fourth-order valence-corrected chi connectivity index (χ4v) is 1.55. The molecular formula is C10H12ClN5O. The maximum Gasteiger partial charge on any atom is 0.222 e. The maximum absolute atomic E-state index is 5.84. The summed E-state index contributed by atoms with van der Waals surface area (Å²) in [5, 5.41) is 3.47. The van der Waals surface area contributed by atoms with Crippen molar-refractivity contribution < 1.29 is 4.74 Å². The zero-order valence-corrected chi connectivity index (χ0v) is 10.0. The van der Waals surface area contributed by atoms with Crippen LogP contribution in [0, 0.1) is 0 Å². The second kappa shape index (κ2) is 5.11. The molecule has 0 aliphatic heterocycles. The molecule has 3 N–H and O–H groups in total. The number of fused-ring (bicyclic) bond motifs is 1. The Labute approximate surface area is 103 Å². The molecule has 0 aromatic carbocycles. The van der Waals surface area contributed by atoms with Crippen LogP contribution < -0.4 is 11.1 Å². The average Bonchev–Trinajstić information content (AvgIpc) is 2.30. The van der Waals surface area contributed by atoms with Crippen molar-refractivity contribution in [3.63, 3.8) is 0 Å². The van der Waals surface area contributed by atoms with Crippen LogP contribution in [-0.2, 0) is 4.74 Å². The number of pyridine rings is 1. The number of hydrogen-bond donors (Lipinski definition) is 2. The molecule has 0 atom stereocenters. The Bertz CT molecular complexity index is 533. The van der Waals surface area contributed by atoms with Crippen molar-refractivity contribution in [2.45, 2.75) is 0 Å². The lowest BCUT2D eigenvalue weighted by Crippen LogP contribution is -2.11. The van der Waals surface area contributed by atoms with Gasteiger partial charge in [-0.3, -0.25) is 0 Å². The molecule has 0 aliphatic rings. The number of hydrogen-bond acceptors (Lipinski definition) is 6. The van der Waals surface area contributed by atoms with Crippen LogP contribution in [0.5, 0.6) is 0 Å². The fourth-order valence-electron chi connectivity index (χ4n) is 1.40. The monoisotopic (exact) mass is 253 g/mol. The van der Waals surface area contributed by atoms with Gasteiger partial charge in [0.05, 0.1) is 12.1 Å². The number of nitrogen functional groups attached to an aromatic ring is 1. The van der Waals surface area contributed by atoms with E-state index >= 15 is 0 Å². The van der Waals surface area contributed by atoms with Crippen LogP contribution in [0.3, 0.4) is 0 Å². The van der Waals surface area contributed by atoms with Gasteiger partial charge in [-0.1, -0.05) is 11.6 Å². The summed E-state index contributed by atoms with van der Waals surface area (Å²) in [5.74, 6) is 0.758. The van der Waals surface area contributed by atoms with Crippen molar-refractivity contribution >= 4 is 34.4 Å². The average molecular weight is 254 g/mol. The van der Waals surface area contributed by atoms with E-state index in [-0.39, 0.29) is 5.95 Å². The van der Waals surface area contributed by atoms with Gasteiger partial charge in [-0.25, -0.2) is 9.97 Å². The van der Waals surface area contributed by atoms with Gasteiger partial charge in [-0.15, -0.1) is 0 Å². The van der Waals surface area contributed by atoms with Crippen LogP contribution in [0.25, 0.3) is 11.0 Å². The summed E-state index contributed by atoms with van der Waals surface area (Å²) in [6, 6.07) is 3.42. The highest BCUT2D eigenvalue weighted by Gasteiger charge is 2.07. The second-order valence-corrected chi connectivity index (χ2v) is 3.74. The van der Waals surface area contributed by atoms with E-state index in [1.54, 1.807) is 19.2 Å². The quantitative estimate of drug-likeness (QED) is 0.631. The van der Waals surface area contributed by atoms with E-state index < -0.39 is 0 Å². The highest BCUT2D eigenvalue weighted by atomic mass is 35.5. The topological polar surface area (TPSA) is 86.0 Å². The Morgan fingerprint density at radius 3 is 2.94 bits per heavy atom. The van der Waals surface area contributed by atoms with Crippen LogP contribution >= 0.6 is 11.6 Å². The highest BCUT2D eigenvalue weighted by Crippen LogP contribution is 2.20. The van der Waals surface area contributed by atoms with Gasteiger partial charge >= 0.3 is 0 Å². The number of aromatic nitrogens is 3. The van der Waals surface area contributed by atoms with Crippen LogP contribution in [0.2, 0.25) is 5.15 Å². The van der Waals surface area contributed by atoms with Crippen molar-refractivity contribution in [2.24, 2.45) is 0 Å². The number of nitrogens with two attached hydrogens (primary N) is 1. The molecule has 0 bridgehead atoms. The Balaban J connectivity index is 2.40. The van der Waals surface area contributed by atoms with E-state index in [1.807, 2.05) is 0 Å². The van der Waals surface area contributed by atoms with Crippen LogP contribution in [0.15, 0.2) is 12.1 Å². The number of methoxy groups -OCH3 is 1. The smallest absolute Gasteiger partial charge is 0.222 e. The largest absolute Gasteiger partial charge is 0.383 e. The zero-order chi connectivity index (χ0) is 12.3. The van der Waals surface area contributed by atoms with Crippen molar-refractivity contribution in [2.75, 3.05) is 31.3 Å². The molecule has 0 aliphatic carbocycles. The van der Waals surface area contributed by atoms with Gasteiger partial charge < -0.3 is 15.8 Å². The zero-order valence-electron chi connectivity index (χ0n) is 9.27. The summed E-state index contributed by atoms with van der Waals surface area (Å²) < 4.78 is 4.95. The number of anilines is 2. The summed E-state index contributed by atoms with van der Waals surface area (Å²) in [7, 11) is 1.63. The minimum atomic E-state index is 0.196. The number of ether oxygens (including phenoxy) is 1. The summed E-state index contributed by atoms with van der Waals surface area (Å²) in [5.41, 5.74) is 6.87. The van der Waals surface area contributed by atoms with E-state index in [4.69, 9.17) is 22.1 Å². The first kappa shape index (κ1) is 11.8. The van der Waals surface area contributed by atoms with Gasteiger partial charge in [0.15, 0.2) is 5.82 Å². The van der Waals surface area contributed by atoms with Gasteiger partial charge in [-0.05, 0) is 12.1 Å². The summed E-state index contributed by atoms with van der Waals surface area (Å²) in [4.78, 5) is 12.4. The molecule has 2 aromatic heterocycles. The molecule has 0 saturated heterocycles. The molecule has 0 fully saturated rings. The Hall–Kier alpha value is -1.66.